The molecule has 2 aromatic rings. The van der Waals surface area contributed by atoms with E-state index < -0.39 is 23.2 Å². The summed E-state index contributed by atoms with van der Waals surface area (Å²) in [5.41, 5.74) is -0.735. The summed E-state index contributed by atoms with van der Waals surface area (Å²) in [4.78, 5) is 11.8. The minimum Gasteiger partial charge on any atom is -0.324 e. The third-order valence-corrected chi connectivity index (χ3v) is 2.80. The van der Waals surface area contributed by atoms with Crippen LogP contribution in [0.25, 0.3) is 0 Å². The van der Waals surface area contributed by atoms with Gasteiger partial charge in [0.25, 0.3) is 0 Å². The van der Waals surface area contributed by atoms with E-state index in [1.807, 2.05) is 0 Å². The molecule has 0 bridgehead atoms. The number of aromatic nitrogens is 2. The lowest BCUT2D eigenvalue weighted by Crippen LogP contribution is -2.19. The third kappa shape index (κ3) is 3.63. The normalized spacial score (nSPS) is 11.0. The molecule has 1 N–H and O–H groups in total. The first-order valence-corrected chi connectivity index (χ1v) is 6.20. The molecular weight excluding hydrogens is 297 g/mol. The number of benzene rings is 1. The molecule has 0 saturated heterocycles. The number of carbonyl (C=O) groups excluding carboxylic acids is 1. The van der Waals surface area contributed by atoms with Gasteiger partial charge < -0.3 is 5.32 Å². The molecule has 114 valence electrons. The highest BCUT2D eigenvalue weighted by Crippen LogP contribution is 2.33. The van der Waals surface area contributed by atoms with E-state index in [4.69, 9.17) is 5.26 Å². The summed E-state index contributed by atoms with van der Waals surface area (Å²) in [6.07, 6.45) is -1.46. The number of alkyl halides is 3. The number of nitrogens with one attached hydrogen (secondary N) is 1. The molecule has 0 spiro atoms. The second kappa shape index (κ2) is 5.89. The first kappa shape index (κ1) is 15.6. The summed E-state index contributed by atoms with van der Waals surface area (Å²) < 4.78 is 39.8. The molecule has 0 radical (unpaired) electrons. The Bertz CT molecular complexity index is 743. The molecule has 0 aliphatic rings. The van der Waals surface area contributed by atoms with Crippen LogP contribution in [0.2, 0.25) is 0 Å². The van der Waals surface area contributed by atoms with E-state index in [9.17, 15) is 18.0 Å². The Balaban J connectivity index is 2.16. The summed E-state index contributed by atoms with van der Waals surface area (Å²) in [5, 5.41) is 15.0. The van der Waals surface area contributed by atoms with E-state index in [-0.39, 0.29) is 12.2 Å². The second-order valence-electron chi connectivity index (χ2n) is 4.63. The van der Waals surface area contributed by atoms with Crippen LogP contribution in [0.4, 0.5) is 18.9 Å². The lowest BCUT2D eigenvalue weighted by atomic mass is 10.1. The van der Waals surface area contributed by atoms with E-state index in [1.54, 1.807) is 19.3 Å². The van der Waals surface area contributed by atoms with Gasteiger partial charge in [-0.3, -0.25) is 9.48 Å². The van der Waals surface area contributed by atoms with Gasteiger partial charge in [0.1, 0.15) is 6.54 Å². The van der Waals surface area contributed by atoms with Gasteiger partial charge in [0, 0.05) is 11.9 Å². The standard InChI is InChI=1S/C14H11F3N4O/c1-9-6-19-21(7-9)8-13(22)20-11-3-2-10(5-18)12(4-11)14(15,16)17/h2-4,6-7H,8H2,1H3,(H,20,22). The number of carbonyl (C=O) groups is 1. The van der Waals surface area contributed by atoms with E-state index in [0.29, 0.717) is 0 Å². The lowest BCUT2D eigenvalue weighted by Gasteiger charge is -2.11. The number of anilines is 1. The number of amides is 1. The van der Waals surface area contributed by atoms with Crippen LogP contribution in [0.15, 0.2) is 30.6 Å². The van der Waals surface area contributed by atoms with Crippen molar-refractivity contribution in [2.45, 2.75) is 19.6 Å². The van der Waals surface area contributed by atoms with Gasteiger partial charge in [-0.15, -0.1) is 0 Å². The zero-order chi connectivity index (χ0) is 16.3. The summed E-state index contributed by atoms with van der Waals surface area (Å²) >= 11 is 0. The minimum absolute atomic E-state index is 0.0276. The highest BCUT2D eigenvalue weighted by atomic mass is 19.4. The Morgan fingerprint density at radius 1 is 1.45 bits per heavy atom. The van der Waals surface area contributed by atoms with Crippen molar-refractivity contribution in [3.63, 3.8) is 0 Å². The number of rotatable bonds is 3. The first-order valence-electron chi connectivity index (χ1n) is 6.20. The highest BCUT2D eigenvalue weighted by molar-refractivity contribution is 5.90. The molecule has 0 aliphatic heterocycles. The minimum atomic E-state index is -4.66. The molecule has 0 fully saturated rings. The molecule has 22 heavy (non-hydrogen) atoms. The zero-order valence-electron chi connectivity index (χ0n) is 11.5. The summed E-state index contributed by atoms with van der Waals surface area (Å²) in [6.45, 7) is 1.69. The Hall–Kier alpha value is -2.82. The Morgan fingerprint density at radius 2 is 2.18 bits per heavy atom. The van der Waals surface area contributed by atoms with Crippen molar-refractivity contribution in [1.29, 1.82) is 5.26 Å². The molecule has 1 aromatic heterocycles. The van der Waals surface area contributed by atoms with Gasteiger partial charge in [-0.2, -0.15) is 23.5 Å². The number of nitrogens with zero attached hydrogens (tertiary/aromatic N) is 3. The van der Waals surface area contributed by atoms with E-state index in [0.717, 1.165) is 17.7 Å². The van der Waals surface area contributed by atoms with Crippen LogP contribution >= 0.6 is 0 Å². The molecule has 8 heteroatoms. The number of hydrogen-bond acceptors (Lipinski definition) is 3. The van der Waals surface area contributed by atoms with Crippen LogP contribution in [0.5, 0.6) is 0 Å². The van der Waals surface area contributed by atoms with Gasteiger partial charge in [-0.1, -0.05) is 0 Å². The zero-order valence-corrected chi connectivity index (χ0v) is 11.5. The van der Waals surface area contributed by atoms with E-state index in [1.165, 1.54) is 16.8 Å². The summed E-state index contributed by atoms with van der Waals surface area (Å²) in [7, 11) is 0. The van der Waals surface area contributed by atoms with Crippen LogP contribution < -0.4 is 5.32 Å². The molecule has 0 saturated carbocycles. The summed E-state index contributed by atoms with van der Waals surface area (Å²) in [6, 6.07) is 4.49. The first-order chi connectivity index (χ1) is 10.3. The number of hydrogen-bond donors (Lipinski definition) is 1. The van der Waals surface area contributed by atoms with Crippen molar-refractivity contribution >= 4 is 11.6 Å². The average molecular weight is 308 g/mol. The lowest BCUT2D eigenvalue weighted by molar-refractivity contribution is -0.137. The molecule has 0 aliphatic carbocycles. The number of nitriles is 1. The predicted molar refractivity (Wildman–Crippen MR) is 71.8 cm³/mol. The van der Waals surface area contributed by atoms with Crippen LogP contribution in [0.3, 0.4) is 0 Å². The second-order valence-corrected chi connectivity index (χ2v) is 4.63. The van der Waals surface area contributed by atoms with Gasteiger partial charge in [-0.05, 0) is 30.7 Å². The fourth-order valence-electron chi connectivity index (χ4n) is 1.86. The molecule has 1 amide bonds. The maximum Gasteiger partial charge on any atom is 0.417 e. The number of aryl methyl sites for hydroxylation is 1. The quantitative estimate of drug-likeness (QED) is 0.947. The molecule has 0 atom stereocenters. The predicted octanol–water partition coefficient (Wildman–Crippen LogP) is 2.72. The fraction of sp³-hybridized carbons (Fsp3) is 0.214. The molecule has 1 aromatic carbocycles. The Labute approximate surface area is 124 Å². The topological polar surface area (TPSA) is 70.7 Å². The highest BCUT2D eigenvalue weighted by Gasteiger charge is 2.33. The van der Waals surface area contributed by atoms with E-state index in [2.05, 4.69) is 10.4 Å². The van der Waals surface area contributed by atoms with E-state index >= 15 is 0 Å². The van der Waals surface area contributed by atoms with Crippen LogP contribution in [0, 0.1) is 18.3 Å². The SMILES string of the molecule is Cc1cnn(CC(=O)Nc2ccc(C#N)c(C(F)(F)F)c2)c1. The average Bonchev–Trinajstić information content (AvgIpc) is 2.82. The van der Waals surface area contributed by atoms with Gasteiger partial charge in [0.15, 0.2) is 0 Å². The van der Waals surface area contributed by atoms with Gasteiger partial charge in [-0.25, -0.2) is 0 Å². The van der Waals surface area contributed by atoms with Crippen LogP contribution in [0.1, 0.15) is 16.7 Å². The van der Waals surface area contributed by atoms with Gasteiger partial charge in [0.05, 0.1) is 23.4 Å². The number of halogens is 3. The van der Waals surface area contributed by atoms with Crippen molar-refractivity contribution < 1.29 is 18.0 Å². The van der Waals surface area contributed by atoms with Crippen molar-refractivity contribution in [3.8, 4) is 6.07 Å². The molecule has 0 unspecified atom stereocenters. The van der Waals surface area contributed by atoms with Crippen molar-refractivity contribution in [3.05, 3.63) is 47.3 Å². The molecular formula is C14H11F3N4O. The van der Waals surface area contributed by atoms with Gasteiger partial charge in [0.2, 0.25) is 5.91 Å². The molecule has 5 nitrogen and oxygen atoms in total. The van der Waals surface area contributed by atoms with Crippen molar-refractivity contribution in [2.75, 3.05) is 5.32 Å². The Kier molecular flexibility index (Phi) is 4.17. The largest absolute Gasteiger partial charge is 0.417 e. The third-order valence-electron chi connectivity index (χ3n) is 2.80. The summed E-state index contributed by atoms with van der Waals surface area (Å²) in [5.74, 6) is -0.513. The van der Waals surface area contributed by atoms with Crippen LogP contribution in [-0.2, 0) is 17.5 Å². The van der Waals surface area contributed by atoms with Crippen molar-refractivity contribution in [2.24, 2.45) is 0 Å². The fourth-order valence-corrected chi connectivity index (χ4v) is 1.86. The Morgan fingerprint density at radius 3 is 2.73 bits per heavy atom. The molecule has 2 rings (SSSR count). The molecule has 1 heterocycles. The smallest absolute Gasteiger partial charge is 0.324 e. The maximum atomic E-state index is 12.8. The van der Waals surface area contributed by atoms with Gasteiger partial charge >= 0.3 is 6.18 Å². The maximum absolute atomic E-state index is 12.8. The van der Waals surface area contributed by atoms with Crippen LogP contribution in [-0.4, -0.2) is 15.7 Å². The van der Waals surface area contributed by atoms with Crippen molar-refractivity contribution in [1.82, 2.24) is 9.78 Å². The monoisotopic (exact) mass is 308 g/mol.